The lowest BCUT2D eigenvalue weighted by Crippen LogP contribution is -2.40. The topological polar surface area (TPSA) is 119 Å². The lowest BCUT2D eigenvalue weighted by molar-refractivity contribution is -0.150. The van der Waals surface area contributed by atoms with E-state index >= 15 is 0 Å². The van der Waals surface area contributed by atoms with Gasteiger partial charge in [-0.1, -0.05) is 145 Å². The summed E-state index contributed by atoms with van der Waals surface area (Å²) in [6.07, 6.45) is 55.2. The lowest BCUT2D eigenvalue weighted by Gasteiger charge is -2.18. The second-order valence-corrected chi connectivity index (χ2v) is 15.1. The van der Waals surface area contributed by atoms with E-state index in [2.05, 4.69) is 92.1 Å². The molecule has 0 bridgehead atoms. The molecule has 0 radical (unpaired) electrons. The number of nitrogens with two attached hydrogens (primary N) is 1. The van der Waals surface area contributed by atoms with Gasteiger partial charge in [-0.2, -0.15) is 0 Å². The molecule has 2 unspecified atom stereocenters. The summed E-state index contributed by atoms with van der Waals surface area (Å²) in [7, 11) is 0. The molecule has 0 aromatic rings. The van der Waals surface area contributed by atoms with Gasteiger partial charge in [-0.05, 0) is 122 Å². The molecule has 56 heavy (non-hydrogen) atoms. The van der Waals surface area contributed by atoms with Crippen molar-refractivity contribution >= 4 is 17.8 Å². The third kappa shape index (κ3) is 39.1. The van der Waals surface area contributed by atoms with Gasteiger partial charge in [-0.25, -0.2) is 4.79 Å². The average molecular weight is 781 g/mol. The highest BCUT2D eigenvalue weighted by Gasteiger charge is 2.19. The Balaban J connectivity index is 4.39. The molecule has 1 amide bonds. The van der Waals surface area contributed by atoms with Crippen LogP contribution in [-0.2, 0) is 19.1 Å². The summed E-state index contributed by atoms with van der Waals surface area (Å²) < 4.78 is 6.02. The number of amides is 1. The van der Waals surface area contributed by atoms with Crippen molar-refractivity contribution in [3.8, 4) is 0 Å². The van der Waals surface area contributed by atoms with E-state index in [9.17, 15) is 19.5 Å². The number of aliphatic carboxylic acids is 1. The first-order valence-electron chi connectivity index (χ1n) is 22.8. The number of carbonyl (C=O) groups excluding carboxylic acids is 2. The van der Waals surface area contributed by atoms with Crippen LogP contribution < -0.4 is 11.1 Å². The van der Waals surface area contributed by atoms with E-state index in [4.69, 9.17) is 10.5 Å². The van der Waals surface area contributed by atoms with E-state index in [0.717, 1.165) is 122 Å². The van der Waals surface area contributed by atoms with Gasteiger partial charge in [0.25, 0.3) is 0 Å². The van der Waals surface area contributed by atoms with Crippen LogP contribution in [0.1, 0.15) is 200 Å². The molecule has 0 aliphatic heterocycles. The fourth-order valence-electron chi connectivity index (χ4n) is 6.36. The summed E-state index contributed by atoms with van der Waals surface area (Å²) >= 11 is 0. The van der Waals surface area contributed by atoms with Crippen LogP contribution in [0.25, 0.3) is 0 Å². The molecule has 0 aliphatic rings. The summed E-state index contributed by atoms with van der Waals surface area (Å²) in [4.78, 5) is 36.4. The van der Waals surface area contributed by atoms with Crippen molar-refractivity contribution in [2.75, 3.05) is 6.54 Å². The summed E-state index contributed by atoms with van der Waals surface area (Å²) in [6, 6.07) is -0.865. The highest BCUT2D eigenvalue weighted by molar-refractivity contribution is 5.83. The quantitative estimate of drug-likeness (QED) is 0.0324. The molecule has 0 saturated carbocycles. The Morgan fingerprint density at radius 1 is 0.536 bits per heavy atom. The first-order chi connectivity index (χ1) is 27.4. The zero-order valence-corrected chi connectivity index (χ0v) is 36.0. The summed E-state index contributed by atoms with van der Waals surface area (Å²) in [5.74, 6) is -1.29. The maximum absolute atomic E-state index is 12.8. The Morgan fingerprint density at radius 2 is 1.00 bits per heavy atom. The Labute approximate surface area is 343 Å². The monoisotopic (exact) mass is 781 g/mol. The number of carboxylic acids is 1. The minimum atomic E-state index is -1.01. The fourth-order valence-corrected chi connectivity index (χ4v) is 6.36. The third-order valence-corrected chi connectivity index (χ3v) is 9.76. The van der Waals surface area contributed by atoms with Crippen LogP contribution in [0.4, 0.5) is 0 Å². The minimum Gasteiger partial charge on any atom is -0.480 e. The molecular formula is C49H84N2O5. The zero-order valence-electron chi connectivity index (χ0n) is 36.0. The van der Waals surface area contributed by atoms with Crippen molar-refractivity contribution in [2.45, 2.75) is 212 Å². The number of carboxylic acid groups (broad SMARTS) is 1. The summed E-state index contributed by atoms with van der Waals surface area (Å²) in [5.41, 5.74) is 5.49. The molecule has 320 valence electrons. The second kappa shape index (κ2) is 42.9. The Hall–Kier alpha value is -3.19. The molecule has 0 aliphatic carbocycles. The molecule has 0 fully saturated rings. The number of esters is 1. The number of unbranched alkanes of at least 4 members (excludes halogenated alkanes) is 14. The normalized spacial score (nSPS) is 13.3. The minimum absolute atomic E-state index is 0.0389. The van der Waals surface area contributed by atoms with Crippen molar-refractivity contribution in [3.63, 3.8) is 0 Å². The molecule has 0 aromatic heterocycles. The fraction of sp³-hybridized carbons (Fsp3) is 0.694. The van der Waals surface area contributed by atoms with Crippen LogP contribution in [-0.4, -0.2) is 41.6 Å². The van der Waals surface area contributed by atoms with E-state index in [1.807, 2.05) is 0 Å². The van der Waals surface area contributed by atoms with Crippen LogP contribution >= 0.6 is 0 Å². The zero-order chi connectivity index (χ0) is 41.0. The van der Waals surface area contributed by atoms with Gasteiger partial charge in [0, 0.05) is 12.8 Å². The van der Waals surface area contributed by atoms with Gasteiger partial charge in [0.1, 0.15) is 12.1 Å². The van der Waals surface area contributed by atoms with Crippen molar-refractivity contribution < 1.29 is 24.2 Å². The van der Waals surface area contributed by atoms with Crippen LogP contribution in [0.5, 0.6) is 0 Å². The van der Waals surface area contributed by atoms with Gasteiger partial charge in [0.05, 0.1) is 0 Å². The number of hydrogen-bond donors (Lipinski definition) is 3. The molecule has 0 rings (SSSR count). The lowest BCUT2D eigenvalue weighted by atomic mass is 10.0. The molecule has 2 atom stereocenters. The van der Waals surface area contributed by atoms with Crippen LogP contribution in [0.2, 0.25) is 0 Å². The predicted molar refractivity (Wildman–Crippen MR) is 239 cm³/mol. The van der Waals surface area contributed by atoms with E-state index < -0.39 is 12.0 Å². The van der Waals surface area contributed by atoms with Gasteiger partial charge < -0.3 is 20.9 Å². The standard InChI is InChI=1S/C49H84N2O5/c1-3-5-7-9-11-13-15-16-17-18-19-20-21-22-24-26-28-33-37-43-48(53)56-45(39-34-30-27-25-23-14-12-10-8-6-4-2)40-35-31-29-32-36-42-47(52)51-46(49(54)55)41-38-44-50/h5,7,11,13,16-17,19-20,22,24-25,27,45-46H,3-4,6,8-10,12,14-15,18,21,23,26,28-44,50H2,1-2H3,(H,51,52)(H,54,55)/b7-5-,13-11-,17-16-,20-19-,24-22-,27-25-. The van der Waals surface area contributed by atoms with E-state index in [-0.39, 0.29) is 18.0 Å². The number of nitrogens with one attached hydrogen (secondary N) is 1. The highest BCUT2D eigenvalue weighted by atomic mass is 16.5. The van der Waals surface area contributed by atoms with Gasteiger partial charge in [-0.15, -0.1) is 0 Å². The van der Waals surface area contributed by atoms with Crippen LogP contribution in [0.15, 0.2) is 72.9 Å². The van der Waals surface area contributed by atoms with Crippen molar-refractivity contribution in [1.82, 2.24) is 5.32 Å². The maximum Gasteiger partial charge on any atom is 0.326 e. The SMILES string of the molecule is CC/C=C\C/C=C\C/C=C\C/C=C\C/C=C\CCCCCC(=O)OC(CCC/C=C\CCCCCCCC)CCCCCCCC(=O)NC(CCCN)C(=O)O. The molecule has 0 spiro atoms. The van der Waals surface area contributed by atoms with E-state index in [1.165, 1.54) is 38.5 Å². The molecule has 7 heteroatoms. The molecule has 7 nitrogen and oxygen atoms in total. The van der Waals surface area contributed by atoms with Gasteiger partial charge in [-0.3, -0.25) is 9.59 Å². The molecule has 0 aromatic carbocycles. The summed E-state index contributed by atoms with van der Waals surface area (Å²) in [5, 5.41) is 11.9. The van der Waals surface area contributed by atoms with Crippen LogP contribution in [0.3, 0.4) is 0 Å². The number of hydrogen-bond acceptors (Lipinski definition) is 5. The third-order valence-electron chi connectivity index (χ3n) is 9.76. The van der Waals surface area contributed by atoms with Gasteiger partial charge >= 0.3 is 11.9 Å². The van der Waals surface area contributed by atoms with Gasteiger partial charge in [0.2, 0.25) is 5.91 Å². The van der Waals surface area contributed by atoms with Crippen LogP contribution in [0, 0.1) is 0 Å². The first-order valence-corrected chi connectivity index (χ1v) is 22.8. The van der Waals surface area contributed by atoms with Crippen molar-refractivity contribution in [1.29, 1.82) is 0 Å². The molecule has 0 saturated heterocycles. The Morgan fingerprint density at radius 3 is 1.59 bits per heavy atom. The van der Waals surface area contributed by atoms with Gasteiger partial charge in [0.15, 0.2) is 0 Å². The molecular weight excluding hydrogens is 697 g/mol. The number of carbonyl (C=O) groups is 3. The predicted octanol–water partition coefficient (Wildman–Crippen LogP) is 13.1. The Bertz CT molecular complexity index is 1110. The average Bonchev–Trinajstić information content (AvgIpc) is 3.18. The highest BCUT2D eigenvalue weighted by Crippen LogP contribution is 2.18. The Kier molecular flexibility index (Phi) is 40.5. The molecule has 4 N–H and O–H groups in total. The first kappa shape index (κ1) is 52.8. The number of allylic oxidation sites excluding steroid dienone is 12. The molecule has 0 heterocycles. The second-order valence-electron chi connectivity index (χ2n) is 15.1. The largest absolute Gasteiger partial charge is 0.480 e. The smallest absolute Gasteiger partial charge is 0.326 e. The van der Waals surface area contributed by atoms with E-state index in [0.29, 0.717) is 32.2 Å². The van der Waals surface area contributed by atoms with Crippen molar-refractivity contribution in [2.24, 2.45) is 5.73 Å². The summed E-state index contributed by atoms with van der Waals surface area (Å²) in [6.45, 7) is 4.82. The number of rotatable bonds is 40. The van der Waals surface area contributed by atoms with Crippen molar-refractivity contribution in [3.05, 3.63) is 72.9 Å². The van der Waals surface area contributed by atoms with E-state index in [1.54, 1.807) is 0 Å². The number of ether oxygens (including phenoxy) is 1. The maximum atomic E-state index is 12.8.